The van der Waals surface area contributed by atoms with Crippen molar-refractivity contribution in [3.05, 3.63) is 35.4 Å². The molecule has 0 radical (unpaired) electrons. The van der Waals surface area contributed by atoms with Gasteiger partial charge in [-0.1, -0.05) is 30.7 Å². The van der Waals surface area contributed by atoms with Crippen LogP contribution in [0.4, 0.5) is 0 Å². The van der Waals surface area contributed by atoms with Crippen molar-refractivity contribution in [3.63, 3.8) is 0 Å². The third-order valence-corrected chi connectivity index (χ3v) is 4.02. The van der Waals surface area contributed by atoms with Gasteiger partial charge < -0.3 is 10.5 Å². The molecule has 2 aliphatic heterocycles. The first-order valence-electron chi connectivity index (χ1n) is 7.23. The Labute approximate surface area is 119 Å². The van der Waals surface area contributed by atoms with Gasteiger partial charge in [-0.25, -0.2) is 0 Å². The molecule has 106 valence electrons. The average Bonchev–Trinajstić information content (AvgIpc) is 2.48. The first-order valence-corrected chi connectivity index (χ1v) is 7.23. The molecular weight excluding hydrogens is 252 g/mol. The van der Waals surface area contributed by atoms with E-state index in [0.29, 0.717) is 6.61 Å². The predicted molar refractivity (Wildman–Crippen MR) is 78.3 cm³/mol. The number of carbonyl (C=O) groups excluding carboxylic acids is 1. The lowest BCUT2D eigenvalue weighted by atomic mass is 9.97. The fourth-order valence-corrected chi connectivity index (χ4v) is 3.10. The Morgan fingerprint density at radius 3 is 2.80 bits per heavy atom. The second-order valence-electron chi connectivity index (χ2n) is 5.38. The normalized spacial score (nSPS) is 20.0. The highest BCUT2D eigenvalue weighted by atomic mass is 16.5. The van der Waals surface area contributed by atoms with Gasteiger partial charge in [0.1, 0.15) is 18.4 Å². The summed E-state index contributed by atoms with van der Waals surface area (Å²) in [7, 11) is 0. The van der Waals surface area contributed by atoms with Crippen LogP contribution < -0.4 is 10.5 Å². The molecule has 1 unspecified atom stereocenters. The van der Waals surface area contributed by atoms with Crippen LogP contribution in [0.5, 0.6) is 5.75 Å². The number of hydrogen-bond donors (Lipinski definition) is 1. The molecule has 2 N–H and O–H groups in total. The van der Waals surface area contributed by atoms with E-state index in [-0.39, 0.29) is 11.9 Å². The third-order valence-electron chi connectivity index (χ3n) is 4.02. The highest BCUT2D eigenvalue weighted by Gasteiger charge is 2.30. The van der Waals surface area contributed by atoms with Crippen molar-refractivity contribution in [2.75, 3.05) is 19.7 Å². The van der Waals surface area contributed by atoms with E-state index < -0.39 is 0 Å². The standard InChI is InChI=1S/C16H20N2O2/c17-16(19)14(18-9-2-1-3-10-18)13-8-4-6-12-7-5-11-20-15(12)13/h4-8,14H,1-3,9-11H2,(H2,17,19). The third kappa shape index (κ3) is 2.43. The van der Waals surface area contributed by atoms with Gasteiger partial charge in [0.05, 0.1) is 0 Å². The number of nitrogens with two attached hydrogens (primary N) is 1. The summed E-state index contributed by atoms with van der Waals surface area (Å²) >= 11 is 0. The number of piperidine rings is 1. The van der Waals surface area contributed by atoms with E-state index in [1.807, 2.05) is 30.4 Å². The van der Waals surface area contributed by atoms with Crippen molar-refractivity contribution < 1.29 is 9.53 Å². The van der Waals surface area contributed by atoms with Crippen LogP contribution in [-0.4, -0.2) is 30.5 Å². The van der Waals surface area contributed by atoms with Gasteiger partial charge in [-0.05, 0) is 32.0 Å². The smallest absolute Gasteiger partial charge is 0.239 e. The SMILES string of the molecule is NC(=O)C(c1cccc2c1OCC=C2)N1CCCCC1. The minimum atomic E-state index is -0.378. The molecule has 0 spiro atoms. The molecule has 3 rings (SSSR count). The molecule has 1 amide bonds. The largest absolute Gasteiger partial charge is 0.489 e. The zero-order chi connectivity index (χ0) is 13.9. The number of hydrogen-bond acceptors (Lipinski definition) is 3. The van der Waals surface area contributed by atoms with E-state index in [4.69, 9.17) is 10.5 Å². The summed E-state index contributed by atoms with van der Waals surface area (Å²) < 4.78 is 5.76. The lowest BCUT2D eigenvalue weighted by Gasteiger charge is -2.34. The van der Waals surface area contributed by atoms with Crippen molar-refractivity contribution in [2.24, 2.45) is 5.73 Å². The van der Waals surface area contributed by atoms with Crippen LogP contribution in [0.3, 0.4) is 0 Å². The molecule has 1 fully saturated rings. The molecule has 2 aliphatic rings. The highest BCUT2D eigenvalue weighted by Crippen LogP contribution is 2.35. The molecule has 0 aromatic heterocycles. The summed E-state index contributed by atoms with van der Waals surface area (Å²) in [6, 6.07) is 5.55. The Kier molecular flexibility index (Phi) is 3.74. The van der Waals surface area contributed by atoms with Crippen molar-refractivity contribution in [3.8, 4) is 5.75 Å². The second kappa shape index (κ2) is 5.67. The Balaban J connectivity index is 1.99. The number of amides is 1. The van der Waals surface area contributed by atoms with Gasteiger partial charge in [0, 0.05) is 11.1 Å². The molecule has 0 saturated carbocycles. The maximum Gasteiger partial charge on any atom is 0.239 e. The van der Waals surface area contributed by atoms with Gasteiger partial charge in [0.15, 0.2) is 0 Å². The van der Waals surface area contributed by atoms with Gasteiger partial charge >= 0.3 is 0 Å². The van der Waals surface area contributed by atoms with E-state index in [1.54, 1.807) is 0 Å². The molecule has 0 aliphatic carbocycles. The van der Waals surface area contributed by atoms with Gasteiger partial charge in [-0.15, -0.1) is 0 Å². The molecule has 4 heteroatoms. The molecule has 1 saturated heterocycles. The molecule has 4 nitrogen and oxygen atoms in total. The minimum absolute atomic E-state index is 0.293. The summed E-state index contributed by atoms with van der Waals surface area (Å²) in [6.45, 7) is 2.40. The van der Waals surface area contributed by atoms with E-state index in [1.165, 1.54) is 6.42 Å². The summed E-state index contributed by atoms with van der Waals surface area (Å²) in [5.74, 6) is 0.517. The van der Waals surface area contributed by atoms with Crippen molar-refractivity contribution >= 4 is 12.0 Å². The summed E-state index contributed by atoms with van der Waals surface area (Å²) in [5, 5.41) is 0. The predicted octanol–water partition coefficient (Wildman–Crippen LogP) is 2.10. The quantitative estimate of drug-likeness (QED) is 0.916. The molecule has 1 atom stereocenters. The van der Waals surface area contributed by atoms with Gasteiger partial charge in [-0.2, -0.15) is 0 Å². The Bertz CT molecular complexity index is 533. The van der Waals surface area contributed by atoms with Crippen LogP contribution >= 0.6 is 0 Å². The van der Waals surface area contributed by atoms with Gasteiger partial charge in [0.2, 0.25) is 5.91 Å². The molecule has 2 heterocycles. The van der Waals surface area contributed by atoms with Gasteiger partial charge in [0.25, 0.3) is 0 Å². The number of fused-ring (bicyclic) bond motifs is 1. The fraction of sp³-hybridized carbons (Fsp3) is 0.438. The number of para-hydroxylation sites is 1. The minimum Gasteiger partial charge on any atom is -0.489 e. The van der Waals surface area contributed by atoms with Crippen LogP contribution in [0.25, 0.3) is 6.08 Å². The zero-order valence-electron chi connectivity index (χ0n) is 11.5. The maximum absolute atomic E-state index is 12.0. The number of benzene rings is 1. The fourth-order valence-electron chi connectivity index (χ4n) is 3.10. The zero-order valence-corrected chi connectivity index (χ0v) is 11.5. The summed E-state index contributed by atoms with van der Waals surface area (Å²) in [5.41, 5.74) is 7.61. The molecular formula is C16H20N2O2. The number of primary amides is 1. The first kappa shape index (κ1) is 13.2. The van der Waals surface area contributed by atoms with Crippen LogP contribution in [-0.2, 0) is 4.79 Å². The topological polar surface area (TPSA) is 55.6 Å². The number of nitrogens with zero attached hydrogens (tertiary/aromatic N) is 1. The van der Waals surface area contributed by atoms with Crippen molar-refractivity contribution in [2.45, 2.75) is 25.3 Å². The lowest BCUT2D eigenvalue weighted by Crippen LogP contribution is -2.41. The molecule has 20 heavy (non-hydrogen) atoms. The summed E-state index contributed by atoms with van der Waals surface area (Å²) in [4.78, 5) is 14.2. The Hall–Kier alpha value is -1.81. The molecule has 0 bridgehead atoms. The highest BCUT2D eigenvalue weighted by molar-refractivity contribution is 5.83. The van der Waals surface area contributed by atoms with Crippen LogP contribution in [0, 0.1) is 0 Å². The average molecular weight is 272 g/mol. The lowest BCUT2D eigenvalue weighted by molar-refractivity contribution is -0.123. The molecule has 1 aromatic carbocycles. The molecule has 1 aromatic rings. The van der Waals surface area contributed by atoms with Crippen LogP contribution in [0.2, 0.25) is 0 Å². The monoisotopic (exact) mass is 272 g/mol. The van der Waals surface area contributed by atoms with Crippen LogP contribution in [0.15, 0.2) is 24.3 Å². The number of ether oxygens (including phenoxy) is 1. The van der Waals surface area contributed by atoms with Crippen molar-refractivity contribution in [1.29, 1.82) is 0 Å². The van der Waals surface area contributed by atoms with E-state index in [2.05, 4.69) is 4.90 Å². The van der Waals surface area contributed by atoms with Gasteiger partial charge in [-0.3, -0.25) is 9.69 Å². The summed E-state index contributed by atoms with van der Waals surface area (Å²) in [6.07, 6.45) is 7.50. The van der Waals surface area contributed by atoms with Crippen molar-refractivity contribution in [1.82, 2.24) is 4.90 Å². The number of carbonyl (C=O) groups is 1. The Morgan fingerprint density at radius 2 is 2.05 bits per heavy atom. The second-order valence-corrected chi connectivity index (χ2v) is 5.38. The number of likely N-dealkylation sites (tertiary alicyclic amines) is 1. The maximum atomic E-state index is 12.0. The first-order chi connectivity index (χ1) is 9.77. The number of rotatable bonds is 3. The van der Waals surface area contributed by atoms with Crippen LogP contribution in [0.1, 0.15) is 36.4 Å². The van der Waals surface area contributed by atoms with E-state index in [9.17, 15) is 4.79 Å². The van der Waals surface area contributed by atoms with E-state index >= 15 is 0 Å². The Morgan fingerprint density at radius 1 is 1.25 bits per heavy atom. The van der Waals surface area contributed by atoms with E-state index in [0.717, 1.165) is 42.8 Å².